The first kappa shape index (κ1) is 14.0. The number of aryl methyl sites for hydroxylation is 1. The number of carbonyl (C=O) groups is 1. The van der Waals surface area contributed by atoms with Gasteiger partial charge in [-0.1, -0.05) is 18.9 Å². The molecule has 4 nitrogen and oxygen atoms in total. The molecular weight excluding hydrogens is 271 g/mol. The number of esters is 1. The number of benzene rings is 1. The van der Waals surface area contributed by atoms with Gasteiger partial charge in [-0.05, 0) is 31.9 Å². The van der Waals surface area contributed by atoms with Gasteiger partial charge in [-0.15, -0.1) is 0 Å². The molecule has 0 radical (unpaired) electrons. The number of fused-ring (bicyclic) bond motifs is 1. The van der Waals surface area contributed by atoms with Crippen molar-refractivity contribution in [1.82, 2.24) is 9.55 Å². The Morgan fingerprint density at radius 2 is 2.14 bits per heavy atom. The average Bonchev–Trinajstić information content (AvgIpc) is 3.07. The maximum atomic E-state index is 13.9. The van der Waals surface area contributed by atoms with Crippen molar-refractivity contribution in [1.29, 1.82) is 0 Å². The summed E-state index contributed by atoms with van der Waals surface area (Å²) in [6.45, 7) is 2.15. The molecule has 1 saturated carbocycles. The van der Waals surface area contributed by atoms with Crippen molar-refractivity contribution in [2.75, 3.05) is 6.61 Å². The maximum absolute atomic E-state index is 13.9. The van der Waals surface area contributed by atoms with Crippen molar-refractivity contribution in [2.24, 2.45) is 7.05 Å². The van der Waals surface area contributed by atoms with Gasteiger partial charge in [0.15, 0.2) is 5.82 Å². The van der Waals surface area contributed by atoms with E-state index in [2.05, 4.69) is 4.98 Å². The van der Waals surface area contributed by atoms with Crippen LogP contribution in [0.4, 0.5) is 4.39 Å². The normalized spacial score (nSPS) is 17.3. The Morgan fingerprint density at radius 3 is 2.76 bits per heavy atom. The fourth-order valence-electron chi connectivity index (χ4n) is 3.38. The Bertz CT molecular complexity index is 687. The van der Waals surface area contributed by atoms with Gasteiger partial charge < -0.3 is 9.30 Å². The summed E-state index contributed by atoms with van der Waals surface area (Å²) in [5.74, 6) is 0.0335. The molecule has 1 aromatic carbocycles. The smallest absolute Gasteiger partial charge is 0.319 e. The fraction of sp³-hybridized carbons (Fsp3) is 0.500. The molecule has 0 bridgehead atoms. The van der Waals surface area contributed by atoms with Crippen LogP contribution in [0.2, 0.25) is 0 Å². The molecule has 2 aromatic rings. The van der Waals surface area contributed by atoms with Crippen molar-refractivity contribution < 1.29 is 13.9 Å². The Balaban J connectivity index is 2.19. The van der Waals surface area contributed by atoms with Crippen LogP contribution in [0.15, 0.2) is 18.2 Å². The maximum Gasteiger partial charge on any atom is 0.319 e. The first-order valence-electron chi connectivity index (χ1n) is 7.39. The summed E-state index contributed by atoms with van der Waals surface area (Å²) in [4.78, 5) is 17.0. The minimum absolute atomic E-state index is 0.235. The molecule has 112 valence electrons. The molecule has 0 aliphatic heterocycles. The molecule has 1 fully saturated rings. The Kier molecular flexibility index (Phi) is 3.43. The summed E-state index contributed by atoms with van der Waals surface area (Å²) in [6, 6.07) is 4.88. The number of hydrogen-bond acceptors (Lipinski definition) is 3. The van der Waals surface area contributed by atoms with Crippen LogP contribution in [0.3, 0.4) is 0 Å². The molecule has 1 aliphatic carbocycles. The lowest BCUT2D eigenvalue weighted by Crippen LogP contribution is -2.37. The molecule has 0 saturated heterocycles. The topological polar surface area (TPSA) is 44.1 Å². The Morgan fingerprint density at radius 1 is 1.43 bits per heavy atom. The minimum atomic E-state index is -0.726. The Hall–Kier alpha value is -1.91. The van der Waals surface area contributed by atoms with E-state index in [1.165, 1.54) is 6.07 Å². The predicted molar refractivity (Wildman–Crippen MR) is 77.5 cm³/mol. The highest BCUT2D eigenvalue weighted by Crippen LogP contribution is 2.42. The zero-order valence-corrected chi connectivity index (χ0v) is 12.4. The van der Waals surface area contributed by atoms with Crippen LogP contribution in [0.25, 0.3) is 11.0 Å². The standard InChI is InChI=1S/C16H19FN2O2/c1-3-21-15(20)16(9-4-5-10-16)14-18-13-11(17)7-6-8-12(13)19(14)2/h6-8H,3-5,9-10H2,1-2H3. The van der Waals surface area contributed by atoms with E-state index in [0.717, 1.165) is 12.8 Å². The van der Waals surface area contributed by atoms with Gasteiger partial charge in [0.1, 0.15) is 16.8 Å². The highest BCUT2D eigenvalue weighted by molar-refractivity contribution is 5.85. The van der Waals surface area contributed by atoms with Crippen molar-refractivity contribution in [3.8, 4) is 0 Å². The fourth-order valence-corrected chi connectivity index (χ4v) is 3.38. The van der Waals surface area contributed by atoms with Gasteiger partial charge in [0.25, 0.3) is 0 Å². The molecule has 21 heavy (non-hydrogen) atoms. The number of para-hydroxylation sites is 1. The van der Waals surface area contributed by atoms with E-state index in [9.17, 15) is 9.18 Å². The summed E-state index contributed by atoms with van der Waals surface area (Å²) in [7, 11) is 1.84. The lowest BCUT2D eigenvalue weighted by Gasteiger charge is -2.25. The van der Waals surface area contributed by atoms with E-state index < -0.39 is 5.41 Å². The third-order valence-corrected chi connectivity index (χ3v) is 4.41. The zero-order chi connectivity index (χ0) is 15.0. The minimum Gasteiger partial charge on any atom is -0.465 e. The largest absolute Gasteiger partial charge is 0.465 e. The lowest BCUT2D eigenvalue weighted by atomic mass is 9.85. The van der Waals surface area contributed by atoms with Gasteiger partial charge in [-0.25, -0.2) is 9.37 Å². The molecule has 1 aromatic heterocycles. The molecule has 0 unspecified atom stereocenters. The van der Waals surface area contributed by atoms with Gasteiger partial charge in [0, 0.05) is 7.05 Å². The van der Waals surface area contributed by atoms with Crippen LogP contribution in [0, 0.1) is 5.82 Å². The van der Waals surface area contributed by atoms with Gasteiger partial charge >= 0.3 is 5.97 Å². The summed E-state index contributed by atoms with van der Waals surface area (Å²) in [5.41, 5.74) is 0.307. The molecule has 1 aliphatic rings. The molecule has 0 spiro atoms. The second kappa shape index (κ2) is 5.13. The van der Waals surface area contributed by atoms with Crippen molar-refractivity contribution in [3.63, 3.8) is 0 Å². The number of nitrogens with zero attached hydrogens (tertiary/aromatic N) is 2. The monoisotopic (exact) mass is 290 g/mol. The van der Waals surface area contributed by atoms with Crippen LogP contribution < -0.4 is 0 Å². The van der Waals surface area contributed by atoms with Crippen LogP contribution in [0.5, 0.6) is 0 Å². The molecular formula is C16H19FN2O2. The summed E-state index contributed by atoms with van der Waals surface area (Å²) < 4.78 is 21.1. The van der Waals surface area contributed by atoms with Crippen molar-refractivity contribution in [3.05, 3.63) is 29.8 Å². The number of imidazole rings is 1. The Labute approximate surface area is 122 Å². The SMILES string of the molecule is CCOC(=O)C1(c2nc3c(F)cccc3n2C)CCCC1. The molecule has 5 heteroatoms. The molecule has 3 rings (SSSR count). The number of halogens is 1. The summed E-state index contributed by atoms with van der Waals surface area (Å²) >= 11 is 0. The number of rotatable bonds is 3. The van der Waals surface area contributed by atoms with E-state index in [-0.39, 0.29) is 11.8 Å². The van der Waals surface area contributed by atoms with Crippen LogP contribution >= 0.6 is 0 Å². The zero-order valence-electron chi connectivity index (χ0n) is 12.4. The third-order valence-electron chi connectivity index (χ3n) is 4.41. The number of carbonyl (C=O) groups excluding carboxylic acids is 1. The van der Waals surface area contributed by atoms with E-state index >= 15 is 0 Å². The molecule has 0 amide bonds. The van der Waals surface area contributed by atoms with Gasteiger partial charge in [-0.3, -0.25) is 4.79 Å². The van der Waals surface area contributed by atoms with Crippen LogP contribution in [-0.2, 0) is 22.0 Å². The highest BCUT2D eigenvalue weighted by Gasteiger charge is 2.47. The second-order valence-electron chi connectivity index (χ2n) is 5.61. The van der Waals surface area contributed by atoms with Gasteiger partial charge in [0.2, 0.25) is 0 Å². The van der Waals surface area contributed by atoms with E-state index in [4.69, 9.17) is 4.74 Å². The van der Waals surface area contributed by atoms with Crippen LogP contribution in [0.1, 0.15) is 38.4 Å². The lowest BCUT2D eigenvalue weighted by molar-refractivity contribution is -0.150. The first-order valence-corrected chi connectivity index (χ1v) is 7.39. The van der Waals surface area contributed by atoms with Crippen LogP contribution in [-0.4, -0.2) is 22.1 Å². The van der Waals surface area contributed by atoms with Gasteiger partial charge in [0.05, 0.1) is 12.1 Å². The van der Waals surface area contributed by atoms with Gasteiger partial charge in [-0.2, -0.15) is 0 Å². The highest BCUT2D eigenvalue weighted by atomic mass is 19.1. The van der Waals surface area contributed by atoms with Crippen molar-refractivity contribution >= 4 is 17.0 Å². The molecule has 0 N–H and O–H groups in total. The number of aromatic nitrogens is 2. The molecule has 0 atom stereocenters. The van der Waals surface area contributed by atoms with E-state index in [1.807, 2.05) is 17.7 Å². The quantitative estimate of drug-likeness (QED) is 0.816. The third kappa shape index (κ3) is 2.03. The second-order valence-corrected chi connectivity index (χ2v) is 5.61. The van der Waals surface area contributed by atoms with E-state index in [1.54, 1.807) is 13.0 Å². The molecule has 1 heterocycles. The summed E-state index contributed by atoms with van der Waals surface area (Å²) in [5, 5.41) is 0. The first-order chi connectivity index (χ1) is 10.1. The average molecular weight is 290 g/mol. The van der Waals surface area contributed by atoms with Crippen molar-refractivity contribution in [2.45, 2.75) is 38.0 Å². The summed E-state index contributed by atoms with van der Waals surface area (Å²) in [6.07, 6.45) is 3.35. The number of ether oxygens (including phenoxy) is 1. The van der Waals surface area contributed by atoms with E-state index in [0.29, 0.717) is 36.3 Å². The predicted octanol–water partition coefficient (Wildman–Crippen LogP) is 3.09. The number of hydrogen-bond donors (Lipinski definition) is 0.